The minimum absolute atomic E-state index is 0.423. The van der Waals surface area contributed by atoms with E-state index in [0.29, 0.717) is 5.92 Å². The van der Waals surface area contributed by atoms with Crippen LogP contribution in [0, 0.1) is 18.8 Å². The quantitative estimate of drug-likeness (QED) is 0.300. The molecule has 1 atom stereocenters. The Balaban J connectivity index is 1.14. The molecule has 0 aliphatic heterocycles. The van der Waals surface area contributed by atoms with Crippen molar-refractivity contribution in [1.29, 1.82) is 0 Å². The van der Waals surface area contributed by atoms with Crippen molar-refractivity contribution in [2.45, 2.75) is 77.0 Å². The molecule has 0 heterocycles. The number of benzene rings is 2. The molecular formula is C31H38. The lowest BCUT2D eigenvalue weighted by atomic mass is 9.76. The van der Waals surface area contributed by atoms with Crippen LogP contribution in [0.25, 0.3) is 11.1 Å². The standard InChI is InChI=1S/C31H38/c1-4-27-29(24(3)30-17-11-12-18-31(27)30)16-8-6-5-7-14-25-19-21-26(22-20-25)28-15-10-9-13-23(28)2/h9-13,15,17-18,25-26,29H,1,3,5-8,14,16,19-22H2,2H3. The summed E-state index contributed by atoms with van der Waals surface area (Å²) < 4.78 is 0. The van der Waals surface area contributed by atoms with E-state index in [9.17, 15) is 0 Å². The maximum Gasteiger partial charge on any atom is 0.0169 e. The maximum atomic E-state index is 4.40. The van der Waals surface area contributed by atoms with Crippen molar-refractivity contribution in [3.05, 3.63) is 89.7 Å². The van der Waals surface area contributed by atoms with Gasteiger partial charge in [-0.2, -0.15) is 0 Å². The maximum absolute atomic E-state index is 4.40. The van der Waals surface area contributed by atoms with E-state index in [1.807, 2.05) is 0 Å². The van der Waals surface area contributed by atoms with E-state index < -0.39 is 0 Å². The lowest BCUT2D eigenvalue weighted by Gasteiger charge is -2.29. The Morgan fingerprint density at radius 1 is 0.806 bits per heavy atom. The van der Waals surface area contributed by atoms with E-state index in [2.05, 4.69) is 74.3 Å². The minimum atomic E-state index is 0.423. The Morgan fingerprint density at radius 2 is 1.45 bits per heavy atom. The molecule has 0 N–H and O–H groups in total. The van der Waals surface area contributed by atoms with Crippen molar-refractivity contribution in [2.24, 2.45) is 11.8 Å². The van der Waals surface area contributed by atoms with Gasteiger partial charge in [0.2, 0.25) is 0 Å². The summed E-state index contributed by atoms with van der Waals surface area (Å²) in [5.74, 6) is 2.18. The molecule has 1 saturated carbocycles. The molecule has 1 fully saturated rings. The molecule has 2 aliphatic rings. The number of fused-ring (bicyclic) bond motifs is 1. The first kappa shape index (κ1) is 21.9. The summed E-state index contributed by atoms with van der Waals surface area (Å²) in [5, 5.41) is 0. The number of allylic oxidation sites excluding steroid dienone is 2. The molecule has 0 amide bonds. The van der Waals surface area contributed by atoms with Crippen LogP contribution in [0.5, 0.6) is 0 Å². The van der Waals surface area contributed by atoms with Gasteiger partial charge in [-0.1, -0.05) is 93.8 Å². The second-order valence-corrected chi connectivity index (χ2v) is 9.78. The molecule has 0 aromatic heterocycles. The molecule has 0 nitrogen and oxygen atoms in total. The number of hydrogen-bond acceptors (Lipinski definition) is 0. The largest absolute Gasteiger partial charge is 0.124 e. The fraction of sp³-hybridized carbons (Fsp3) is 0.452. The molecule has 4 rings (SSSR count). The molecule has 1 unspecified atom stereocenters. The van der Waals surface area contributed by atoms with Gasteiger partial charge in [-0.3, -0.25) is 0 Å². The third-order valence-corrected chi connectivity index (χ3v) is 7.85. The molecule has 2 aliphatic carbocycles. The minimum Gasteiger partial charge on any atom is -0.124 e. The molecule has 0 saturated heterocycles. The van der Waals surface area contributed by atoms with E-state index in [4.69, 9.17) is 0 Å². The Hall–Kier alpha value is -2.30. The normalized spacial score (nSPS) is 22.9. The molecule has 0 radical (unpaired) electrons. The zero-order chi connectivity index (χ0) is 21.6. The van der Waals surface area contributed by atoms with Gasteiger partial charge in [0.1, 0.15) is 0 Å². The number of hydrogen-bond donors (Lipinski definition) is 0. The predicted octanol–water partition coefficient (Wildman–Crippen LogP) is 9.12. The highest BCUT2D eigenvalue weighted by molar-refractivity contribution is 5.93. The van der Waals surface area contributed by atoms with Crippen LogP contribution < -0.4 is 0 Å². The number of unbranched alkanes of at least 4 members (excludes halogenated alkanes) is 3. The van der Waals surface area contributed by atoms with Gasteiger partial charge in [-0.25, -0.2) is 0 Å². The predicted molar refractivity (Wildman–Crippen MR) is 135 cm³/mol. The van der Waals surface area contributed by atoms with E-state index >= 15 is 0 Å². The van der Waals surface area contributed by atoms with Crippen molar-refractivity contribution in [3.8, 4) is 0 Å². The zero-order valence-corrected chi connectivity index (χ0v) is 19.3. The van der Waals surface area contributed by atoms with Gasteiger partial charge < -0.3 is 0 Å². The van der Waals surface area contributed by atoms with Crippen LogP contribution in [0.1, 0.15) is 92.4 Å². The molecule has 2 aromatic carbocycles. The Labute approximate surface area is 189 Å². The first-order valence-electron chi connectivity index (χ1n) is 12.4. The summed E-state index contributed by atoms with van der Waals surface area (Å²) in [6, 6.07) is 17.6. The number of aryl methyl sites for hydroxylation is 1. The van der Waals surface area contributed by atoms with E-state index in [1.54, 1.807) is 5.56 Å². The highest BCUT2D eigenvalue weighted by Gasteiger charge is 2.29. The molecule has 162 valence electrons. The lowest BCUT2D eigenvalue weighted by molar-refractivity contribution is 0.301. The molecule has 31 heavy (non-hydrogen) atoms. The summed E-state index contributed by atoms with van der Waals surface area (Å²) >= 11 is 0. The van der Waals surface area contributed by atoms with Gasteiger partial charge in [-0.05, 0) is 78.7 Å². The molecule has 0 bridgehead atoms. The summed E-state index contributed by atoms with van der Waals surface area (Å²) in [6.07, 6.45) is 13.6. The van der Waals surface area contributed by atoms with Crippen molar-refractivity contribution < 1.29 is 0 Å². The average Bonchev–Trinajstić information content (AvgIpc) is 3.08. The van der Waals surface area contributed by atoms with Gasteiger partial charge in [0.25, 0.3) is 0 Å². The van der Waals surface area contributed by atoms with E-state index in [0.717, 1.165) is 11.8 Å². The Bertz CT molecular complexity index is 948. The highest BCUT2D eigenvalue weighted by atomic mass is 14.3. The summed E-state index contributed by atoms with van der Waals surface area (Å²) in [7, 11) is 0. The fourth-order valence-electron chi connectivity index (χ4n) is 6.03. The van der Waals surface area contributed by atoms with Crippen molar-refractivity contribution >= 4 is 11.1 Å². The van der Waals surface area contributed by atoms with Crippen LogP contribution >= 0.6 is 0 Å². The number of rotatable bonds is 8. The molecule has 0 heteroatoms. The van der Waals surface area contributed by atoms with Crippen molar-refractivity contribution in [2.75, 3.05) is 0 Å². The van der Waals surface area contributed by atoms with Gasteiger partial charge in [0.05, 0.1) is 0 Å². The Morgan fingerprint density at radius 3 is 2.16 bits per heavy atom. The molecule has 2 aromatic rings. The third kappa shape index (κ3) is 4.97. The van der Waals surface area contributed by atoms with Gasteiger partial charge in [0.15, 0.2) is 0 Å². The topological polar surface area (TPSA) is 0 Å². The van der Waals surface area contributed by atoms with Crippen LogP contribution in [0.15, 0.2) is 67.4 Å². The molecular weight excluding hydrogens is 372 g/mol. The van der Waals surface area contributed by atoms with Crippen LogP contribution in [-0.4, -0.2) is 0 Å². The molecule has 0 spiro atoms. The average molecular weight is 411 g/mol. The lowest BCUT2D eigenvalue weighted by Crippen LogP contribution is -2.14. The first-order chi connectivity index (χ1) is 15.2. The Kier molecular flexibility index (Phi) is 7.31. The summed E-state index contributed by atoms with van der Waals surface area (Å²) in [5.41, 5.74) is 11.4. The highest BCUT2D eigenvalue weighted by Crippen LogP contribution is 2.46. The second kappa shape index (κ2) is 10.3. The van der Waals surface area contributed by atoms with Crippen LogP contribution in [0.4, 0.5) is 0 Å². The summed E-state index contributed by atoms with van der Waals surface area (Å²) in [6.45, 7) is 10.6. The summed E-state index contributed by atoms with van der Waals surface area (Å²) in [4.78, 5) is 0. The smallest absolute Gasteiger partial charge is 0.0169 e. The van der Waals surface area contributed by atoms with Gasteiger partial charge in [-0.15, -0.1) is 5.73 Å². The fourth-order valence-corrected chi connectivity index (χ4v) is 6.03. The second-order valence-electron chi connectivity index (χ2n) is 9.78. The zero-order valence-electron chi connectivity index (χ0n) is 19.3. The van der Waals surface area contributed by atoms with E-state index in [1.165, 1.54) is 92.0 Å². The van der Waals surface area contributed by atoms with Crippen LogP contribution in [-0.2, 0) is 0 Å². The van der Waals surface area contributed by atoms with E-state index in [-0.39, 0.29) is 0 Å². The SMILES string of the molecule is C=C=C1c2ccccc2C(=C)C1CCCCCCC1CCC(c2ccccc2C)CC1. The van der Waals surface area contributed by atoms with Crippen LogP contribution in [0.3, 0.4) is 0 Å². The monoisotopic (exact) mass is 410 g/mol. The van der Waals surface area contributed by atoms with Gasteiger partial charge >= 0.3 is 0 Å². The van der Waals surface area contributed by atoms with Crippen LogP contribution in [0.2, 0.25) is 0 Å². The first-order valence-corrected chi connectivity index (χ1v) is 12.4. The van der Waals surface area contributed by atoms with Gasteiger partial charge in [0, 0.05) is 11.5 Å². The van der Waals surface area contributed by atoms with Crippen molar-refractivity contribution in [1.82, 2.24) is 0 Å². The van der Waals surface area contributed by atoms with Crippen molar-refractivity contribution in [3.63, 3.8) is 0 Å². The third-order valence-electron chi connectivity index (χ3n) is 7.85.